The molecule has 0 spiro atoms. The molecule has 1 saturated carbocycles. The van der Waals surface area contributed by atoms with Crippen LogP contribution in [0.1, 0.15) is 48.8 Å². The summed E-state index contributed by atoms with van der Waals surface area (Å²) < 4.78 is 5.34. The molecule has 6 heteroatoms. The molecular formula is C12H20N4O2. The molecule has 1 atom stereocenters. The zero-order valence-corrected chi connectivity index (χ0v) is 10.8. The molecule has 1 aromatic heterocycles. The van der Waals surface area contributed by atoms with E-state index < -0.39 is 0 Å². The molecule has 1 unspecified atom stereocenters. The second-order valence-corrected chi connectivity index (χ2v) is 4.65. The predicted molar refractivity (Wildman–Crippen MR) is 68.4 cm³/mol. The molecule has 0 radical (unpaired) electrons. The fourth-order valence-corrected chi connectivity index (χ4v) is 1.88. The Morgan fingerprint density at radius 1 is 1.67 bits per heavy atom. The first kappa shape index (κ1) is 12.9. The Balaban J connectivity index is 1.92. The number of nitrogen functional groups attached to an aromatic ring is 1. The number of nitrogens with zero attached hydrogens (tertiary/aromatic N) is 1. The van der Waals surface area contributed by atoms with Crippen LogP contribution in [0.15, 0.2) is 0 Å². The summed E-state index contributed by atoms with van der Waals surface area (Å²) in [7, 11) is 0. The van der Waals surface area contributed by atoms with Gasteiger partial charge in [0.15, 0.2) is 5.69 Å². The van der Waals surface area contributed by atoms with Crippen molar-refractivity contribution in [2.75, 3.05) is 18.9 Å². The van der Waals surface area contributed by atoms with Gasteiger partial charge in [-0.05, 0) is 26.7 Å². The highest BCUT2D eigenvalue weighted by Gasteiger charge is 2.30. The third-order valence-corrected chi connectivity index (χ3v) is 3.04. The number of aromatic nitrogens is 2. The van der Waals surface area contributed by atoms with E-state index in [0.29, 0.717) is 30.5 Å². The van der Waals surface area contributed by atoms with Crippen LogP contribution in [0.5, 0.6) is 0 Å². The van der Waals surface area contributed by atoms with Gasteiger partial charge >= 0.3 is 0 Å². The van der Waals surface area contributed by atoms with Crippen LogP contribution in [0.25, 0.3) is 0 Å². The summed E-state index contributed by atoms with van der Waals surface area (Å²) in [5.41, 5.74) is 7.60. The van der Waals surface area contributed by atoms with Crippen molar-refractivity contribution >= 4 is 11.6 Å². The Morgan fingerprint density at radius 3 is 3.00 bits per heavy atom. The van der Waals surface area contributed by atoms with Crippen LogP contribution in [-0.4, -0.2) is 35.4 Å². The van der Waals surface area contributed by atoms with Gasteiger partial charge in [-0.2, -0.15) is 5.10 Å². The van der Waals surface area contributed by atoms with E-state index in [4.69, 9.17) is 10.5 Å². The molecule has 100 valence electrons. The van der Waals surface area contributed by atoms with Crippen LogP contribution in [0.2, 0.25) is 0 Å². The van der Waals surface area contributed by atoms with Crippen molar-refractivity contribution < 1.29 is 9.53 Å². The third-order valence-electron chi connectivity index (χ3n) is 3.04. The number of nitrogens with two attached hydrogens (primary N) is 1. The summed E-state index contributed by atoms with van der Waals surface area (Å²) in [6.07, 6.45) is 2.23. The van der Waals surface area contributed by atoms with Crippen molar-refractivity contribution in [2.45, 2.75) is 38.7 Å². The lowest BCUT2D eigenvalue weighted by molar-refractivity contribution is 0.0693. The van der Waals surface area contributed by atoms with Crippen LogP contribution in [-0.2, 0) is 4.74 Å². The Morgan fingerprint density at radius 2 is 2.39 bits per heavy atom. The molecule has 0 saturated heterocycles. The lowest BCUT2D eigenvalue weighted by atomic mass is 10.2. The molecule has 0 aromatic carbocycles. The van der Waals surface area contributed by atoms with E-state index in [1.807, 2.05) is 13.8 Å². The van der Waals surface area contributed by atoms with E-state index in [1.165, 1.54) is 0 Å². The number of carbonyl (C=O) groups is 1. The van der Waals surface area contributed by atoms with E-state index in [2.05, 4.69) is 15.5 Å². The first-order chi connectivity index (χ1) is 8.63. The van der Waals surface area contributed by atoms with Crippen molar-refractivity contribution in [1.29, 1.82) is 0 Å². The largest absolute Gasteiger partial charge is 0.395 e. The number of rotatable bonds is 6. The highest BCUT2D eigenvalue weighted by molar-refractivity contribution is 5.97. The normalized spacial score (nSPS) is 16.6. The van der Waals surface area contributed by atoms with Crippen LogP contribution in [0.3, 0.4) is 0 Å². The van der Waals surface area contributed by atoms with E-state index in [0.717, 1.165) is 18.5 Å². The van der Waals surface area contributed by atoms with Gasteiger partial charge in [-0.25, -0.2) is 0 Å². The minimum Gasteiger partial charge on any atom is -0.395 e. The van der Waals surface area contributed by atoms with Gasteiger partial charge in [0.25, 0.3) is 5.91 Å². The van der Waals surface area contributed by atoms with Gasteiger partial charge < -0.3 is 15.8 Å². The molecule has 1 fully saturated rings. The Hall–Kier alpha value is -1.56. The summed E-state index contributed by atoms with van der Waals surface area (Å²) in [5, 5.41) is 9.63. The second-order valence-electron chi connectivity index (χ2n) is 4.65. The fraction of sp³-hybridized carbons (Fsp3) is 0.667. The lowest BCUT2D eigenvalue weighted by Gasteiger charge is -2.11. The molecule has 2 rings (SSSR count). The summed E-state index contributed by atoms with van der Waals surface area (Å²) >= 11 is 0. The Bertz CT molecular complexity index is 426. The first-order valence-corrected chi connectivity index (χ1v) is 6.37. The molecule has 0 bridgehead atoms. The average Bonchev–Trinajstić information content (AvgIpc) is 3.10. The SMILES string of the molecule is CCOC(C)CNC(=O)c1n[nH]c(C2CC2)c1N. The van der Waals surface area contributed by atoms with E-state index in [9.17, 15) is 4.79 Å². The second kappa shape index (κ2) is 5.39. The monoisotopic (exact) mass is 252 g/mol. The quantitative estimate of drug-likeness (QED) is 0.704. The standard InChI is InChI=1S/C12H20N4O2/c1-3-18-7(2)6-14-12(17)11-9(13)10(15-16-11)8-4-5-8/h7-8H,3-6,13H2,1-2H3,(H,14,17)(H,15,16). The van der Waals surface area contributed by atoms with Crippen molar-refractivity contribution in [3.05, 3.63) is 11.4 Å². The molecule has 1 heterocycles. The molecule has 6 nitrogen and oxygen atoms in total. The molecule has 18 heavy (non-hydrogen) atoms. The van der Waals surface area contributed by atoms with Crippen LogP contribution in [0.4, 0.5) is 5.69 Å². The number of aromatic amines is 1. The van der Waals surface area contributed by atoms with Crippen molar-refractivity contribution in [3.63, 3.8) is 0 Å². The summed E-state index contributed by atoms with van der Waals surface area (Å²) in [4.78, 5) is 11.9. The van der Waals surface area contributed by atoms with Crippen molar-refractivity contribution in [1.82, 2.24) is 15.5 Å². The Kier molecular flexibility index (Phi) is 3.86. The predicted octanol–water partition coefficient (Wildman–Crippen LogP) is 1.02. The molecule has 1 aromatic rings. The smallest absolute Gasteiger partial charge is 0.274 e. The molecule has 1 aliphatic rings. The van der Waals surface area contributed by atoms with Crippen LogP contribution in [0, 0.1) is 0 Å². The molecule has 4 N–H and O–H groups in total. The van der Waals surface area contributed by atoms with E-state index in [-0.39, 0.29) is 12.0 Å². The zero-order valence-electron chi connectivity index (χ0n) is 10.8. The minimum absolute atomic E-state index is 0.0120. The van der Waals surface area contributed by atoms with Gasteiger partial charge in [0, 0.05) is 19.1 Å². The van der Waals surface area contributed by atoms with Gasteiger partial charge in [0.1, 0.15) is 0 Å². The zero-order chi connectivity index (χ0) is 13.1. The number of nitrogens with one attached hydrogen (secondary N) is 2. The minimum atomic E-state index is -0.248. The Labute approximate surface area is 106 Å². The number of ether oxygens (including phenoxy) is 1. The van der Waals surface area contributed by atoms with Crippen molar-refractivity contribution in [3.8, 4) is 0 Å². The highest BCUT2D eigenvalue weighted by Crippen LogP contribution is 2.42. The molecule has 0 aliphatic heterocycles. The maximum Gasteiger partial charge on any atom is 0.274 e. The summed E-state index contributed by atoms with van der Waals surface area (Å²) in [6.45, 7) is 4.92. The van der Waals surface area contributed by atoms with E-state index >= 15 is 0 Å². The molecule has 1 aliphatic carbocycles. The molecule has 1 amide bonds. The first-order valence-electron chi connectivity index (χ1n) is 6.37. The number of carbonyl (C=O) groups excluding carboxylic acids is 1. The molecular weight excluding hydrogens is 232 g/mol. The fourth-order valence-electron chi connectivity index (χ4n) is 1.88. The van der Waals surface area contributed by atoms with Gasteiger partial charge in [0.05, 0.1) is 17.5 Å². The van der Waals surface area contributed by atoms with E-state index in [1.54, 1.807) is 0 Å². The number of H-pyrrole nitrogens is 1. The summed E-state index contributed by atoms with van der Waals surface area (Å²) in [5.74, 6) is 0.212. The maximum absolute atomic E-state index is 11.9. The topological polar surface area (TPSA) is 93.0 Å². The van der Waals surface area contributed by atoms with Gasteiger partial charge in [-0.3, -0.25) is 9.89 Å². The average molecular weight is 252 g/mol. The van der Waals surface area contributed by atoms with Crippen LogP contribution < -0.4 is 11.1 Å². The third kappa shape index (κ3) is 2.81. The number of amides is 1. The number of anilines is 1. The van der Waals surface area contributed by atoms with Crippen molar-refractivity contribution in [2.24, 2.45) is 0 Å². The van der Waals surface area contributed by atoms with Gasteiger partial charge in [0.2, 0.25) is 0 Å². The van der Waals surface area contributed by atoms with Gasteiger partial charge in [-0.1, -0.05) is 0 Å². The number of hydrogen-bond donors (Lipinski definition) is 3. The van der Waals surface area contributed by atoms with Gasteiger partial charge in [-0.15, -0.1) is 0 Å². The number of hydrogen-bond acceptors (Lipinski definition) is 4. The highest BCUT2D eigenvalue weighted by atomic mass is 16.5. The lowest BCUT2D eigenvalue weighted by Crippen LogP contribution is -2.32. The van der Waals surface area contributed by atoms with Crippen LogP contribution >= 0.6 is 0 Å². The summed E-state index contributed by atoms with van der Waals surface area (Å²) in [6, 6.07) is 0. The maximum atomic E-state index is 11.9.